The van der Waals surface area contributed by atoms with Crippen molar-refractivity contribution < 1.29 is 25.5 Å². The van der Waals surface area contributed by atoms with E-state index in [0.717, 1.165) is 12.8 Å². The van der Waals surface area contributed by atoms with Crippen LogP contribution in [0, 0.1) is 29.6 Å². The lowest BCUT2D eigenvalue weighted by molar-refractivity contribution is -0.170. The van der Waals surface area contributed by atoms with Crippen LogP contribution in [0.3, 0.4) is 0 Å². The van der Waals surface area contributed by atoms with Crippen molar-refractivity contribution in [3.05, 3.63) is 0 Å². The Bertz CT molecular complexity index is 411. The monoisotopic (exact) mass is 374 g/mol. The lowest BCUT2D eigenvalue weighted by Crippen LogP contribution is -2.55. The van der Waals surface area contributed by atoms with Crippen LogP contribution in [0.4, 0.5) is 0 Å². The molecule has 0 radical (unpaired) electrons. The third-order valence-electron chi connectivity index (χ3n) is 6.00. The van der Waals surface area contributed by atoms with Crippen LogP contribution < -0.4 is 0 Å². The van der Waals surface area contributed by atoms with Crippen molar-refractivity contribution in [1.29, 1.82) is 0 Å². The molecule has 26 heavy (non-hydrogen) atoms. The first-order valence-electron chi connectivity index (χ1n) is 10.4. The van der Waals surface area contributed by atoms with Crippen molar-refractivity contribution in [1.82, 2.24) is 0 Å². The van der Waals surface area contributed by atoms with Gasteiger partial charge in [-0.3, -0.25) is 0 Å². The van der Waals surface area contributed by atoms with Crippen molar-refractivity contribution in [2.75, 3.05) is 0 Å². The fourth-order valence-corrected chi connectivity index (χ4v) is 4.42. The van der Waals surface area contributed by atoms with Gasteiger partial charge < -0.3 is 25.5 Å². The molecule has 5 N–H and O–H groups in total. The van der Waals surface area contributed by atoms with Gasteiger partial charge >= 0.3 is 0 Å². The molecule has 0 spiro atoms. The molecule has 0 amide bonds. The van der Waals surface area contributed by atoms with E-state index in [1.165, 1.54) is 0 Å². The zero-order valence-corrected chi connectivity index (χ0v) is 17.5. The summed E-state index contributed by atoms with van der Waals surface area (Å²) in [6.07, 6.45) is -1.59. The summed E-state index contributed by atoms with van der Waals surface area (Å²) in [4.78, 5) is 0. The quantitative estimate of drug-likeness (QED) is 0.404. The minimum atomic E-state index is -1.79. The summed E-state index contributed by atoms with van der Waals surface area (Å²) in [6.45, 7) is 12.2. The maximum Gasteiger partial charge on any atom is 0.122 e. The molecule has 5 heteroatoms. The van der Waals surface area contributed by atoms with Gasteiger partial charge in [0.15, 0.2) is 0 Å². The normalized spacial score (nSPS) is 34.8. The Morgan fingerprint density at radius 3 is 1.81 bits per heavy atom. The van der Waals surface area contributed by atoms with Crippen molar-refractivity contribution in [2.45, 2.75) is 104 Å². The number of rotatable bonds is 10. The predicted molar refractivity (Wildman–Crippen MR) is 104 cm³/mol. The molecule has 1 aliphatic rings. The average Bonchev–Trinajstić information content (AvgIpc) is 2.69. The van der Waals surface area contributed by atoms with E-state index >= 15 is 0 Å². The Balaban J connectivity index is 3.10. The zero-order chi connectivity index (χ0) is 20.2. The Labute approximate surface area is 159 Å². The number of aliphatic hydroxyl groups excluding tert-OH is 4. The molecule has 7 unspecified atom stereocenters. The first-order valence-corrected chi connectivity index (χ1v) is 10.4. The van der Waals surface area contributed by atoms with Crippen molar-refractivity contribution in [2.24, 2.45) is 29.6 Å². The van der Waals surface area contributed by atoms with Gasteiger partial charge in [0.1, 0.15) is 5.60 Å². The Hall–Kier alpha value is -0.200. The van der Waals surface area contributed by atoms with Crippen LogP contribution in [0.2, 0.25) is 0 Å². The average molecular weight is 375 g/mol. The fraction of sp³-hybridized carbons (Fsp3) is 1.00. The number of hydrogen-bond donors (Lipinski definition) is 5. The Morgan fingerprint density at radius 2 is 1.35 bits per heavy atom. The largest absolute Gasteiger partial charge is 0.393 e. The maximum absolute atomic E-state index is 11.4. The Kier molecular flexibility index (Phi) is 9.01. The lowest BCUT2D eigenvalue weighted by atomic mass is 9.77. The van der Waals surface area contributed by atoms with Crippen LogP contribution in [-0.2, 0) is 0 Å². The minimum Gasteiger partial charge on any atom is -0.393 e. The highest BCUT2D eigenvalue weighted by atomic mass is 16.4. The van der Waals surface area contributed by atoms with Crippen LogP contribution >= 0.6 is 0 Å². The van der Waals surface area contributed by atoms with Gasteiger partial charge in [-0.2, -0.15) is 0 Å². The van der Waals surface area contributed by atoms with Gasteiger partial charge in [0.05, 0.1) is 24.4 Å². The maximum atomic E-state index is 11.4. The number of aliphatic hydroxyl groups is 5. The first kappa shape index (κ1) is 23.8. The van der Waals surface area contributed by atoms with Crippen molar-refractivity contribution >= 4 is 0 Å². The van der Waals surface area contributed by atoms with E-state index in [1.807, 2.05) is 27.7 Å². The molecule has 0 aromatic rings. The highest BCUT2D eigenvalue weighted by Gasteiger charge is 2.63. The van der Waals surface area contributed by atoms with Gasteiger partial charge in [0.2, 0.25) is 0 Å². The standard InChI is InChI=1S/C21H42O5/c1-12(2)7-9-15-19(24)18(16(22)11-14(5)6)20(25)21(15,26)17(23)10-8-13(3)4/h12-20,22-26H,7-11H2,1-6H3. The second-order valence-electron chi connectivity index (χ2n) is 9.66. The number of hydrogen-bond acceptors (Lipinski definition) is 5. The second-order valence-corrected chi connectivity index (χ2v) is 9.66. The third-order valence-corrected chi connectivity index (χ3v) is 6.00. The minimum absolute atomic E-state index is 0.207. The summed E-state index contributed by atoms with van der Waals surface area (Å²) in [7, 11) is 0. The third kappa shape index (κ3) is 5.41. The molecule has 0 aliphatic heterocycles. The van der Waals surface area contributed by atoms with E-state index in [4.69, 9.17) is 0 Å². The molecule has 0 bridgehead atoms. The van der Waals surface area contributed by atoms with E-state index in [0.29, 0.717) is 31.1 Å². The highest BCUT2D eigenvalue weighted by Crippen LogP contribution is 2.48. The van der Waals surface area contributed by atoms with Gasteiger partial charge in [-0.1, -0.05) is 48.0 Å². The first-order chi connectivity index (χ1) is 11.9. The highest BCUT2D eigenvalue weighted by molar-refractivity contribution is 5.12. The molecular weight excluding hydrogens is 332 g/mol. The second kappa shape index (κ2) is 9.83. The fourth-order valence-electron chi connectivity index (χ4n) is 4.42. The van der Waals surface area contributed by atoms with E-state index < -0.39 is 41.9 Å². The SMILES string of the molecule is CC(C)CCC(O)C1(O)C(O)C(C(O)CC(C)C)C(O)C1CCC(C)C. The van der Waals surface area contributed by atoms with E-state index in [-0.39, 0.29) is 5.92 Å². The van der Waals surface area contributed by atoms with Crippen LogP contribution in [0.15, 0.2) is 0 Å². The molecule has 1 fully saturated rings. The van der Waals surface area contributed by atoms with Gasteiger partial charge in [-0.05, 0) is 43.4 Å². The van der Waals surface area contributed by atoms with Gasteiger partial charge in [0, 0.05) is 11.8 Å². The smallest absolute Gasteiger partial charge is 0.122 e. The van der Waals surface area contributed by atoms with Crippen molar-refractivity contribution in [3.8, 4) is 0 Å². The molecule has 1 rings (SSSR count). The zero-order valence-electron chi connectivity index (χ0n) is 17.5. The molecule has 0 aromatic carbocycles. The van der Waals surface area contributed by atoms with Gasteiger partial charge in [-0.25, -0.2) is 0 Å². The molecule has 0 heterocycles. The molecule has 5 nitrogen and oxygen atoms in total. The molecule has 1 saturated carbocycles. The summed E-state index contributed by atoms with van der Waals surface area (Å²) < 4.78 is 0. The molecule has 1 aliphatic carbocycles. The van der Waals surface area contributed by atoms with E-state index in [1.54, 1.807) is 0 Å². The van der Waals surface area contributed by atoms with Crippen molar-refractivity contribution in [3.63, 3.8) is 0 Å². The summed E-state index contributed by atoms with van der Waals surface area (Å²) in [5.74, 6) is -0.524. The van der Waals surface area contributed by atoms with Gasteiger partial charge in [-0.15, -0.1) is 0 Å². The van der Waals surface area contributed by atoms with Gasteiger partial charge in [0.25, 0.3) is 0 Å². The Morgan fingerprint density at radius 1 is 0.808 bits per heavy atom. The predicted octanol–water partition coefficient (Wildman–Crippen LogP) is 2.33. The molecule has 156 valence electrons. The topological polar surface area (TPSA) is 101 Å². The summed E-state index contributed by atoms with van der Waals surface area (Å²) >= 11 is 0. The van der Waals surface area contributed by atoms with Crippen LogP contribution in [0.5, 0.6) is 0 Å². The van der Waals surface area contributed by atoms with E-state index in [9.17, 15) is 25.5 Å². The molecule has 0 saturated heterocycles. The van der Waals surface area contributed by atoms with E-state index in [2.05, 4.69) is 13.8 Å². The molecular formula is C21H42O5. The summed E-state index contributed by atoms with van der Waals surface area (Å²) in [5, 5.41) is 54.5. The lowest BCUT2D eigenvalue weighted by Gasteiger charge is -2.38. The summed E-state index contributed by atoms with van der Waals surface area (Å²) in [5.41, 5.74) is -1.79. The van der Waals surface area contributed by atoms with Crippen LogP contribution in [0.1, 0.15) is 73.6 Å². The molecule has 0 aromatic heterocycles. The summed E-state index contributed by atoms with van der Waals surface area (Å²) in [6, 6.07) is 0. The molecule has 7 atom stereocenters. The van der Waals surface area contributed by atoms with Crippen LogP contribution in [0.25, 0.3) is 0 Å². The van der Waals surface area contributed by atoms with Crippen LogP contribution in [-0.4, -0.2) is 55.5 Å².